The van der Waals surface area contributed by atoms with Crippen LogP contribution in [-0.2, 0) is 5.41 Å². The van der Waals surface area contributed by atoms with Crippen molar-refractivity contribution in [2.45, 2.75) is 23.2 Å². The van der Waals surface area contributed by atoms with Gasteiger partial charge >= 0.3 is 0 Å². The molecule has 1 N–H and O–H groups in total. The number of nitriles is 1. The summed E-state index contributed by atoms with van der Waals surface area (Å²) in [5, 5.41) is 19.0. The minimum atomic E-state index is -0.393. The number of nitrogens with zero attached hydrogens (tertiary/aromatic N) is 1. The van der Waals surface area contributed by atoms with E-state index in [1.54, 1.807) is 0 Å². The molecule has 0 bridgehead atoms. The molecule has 1 fully saturated rings. The fourth-order valence-electron chi connectivity index (χ4n) is 1.64. The monoisotopic (exact) mass is 205 g/mol. The van der Waals surface area contributed by atoms with Gasteiger partial charge in [-0.1, -0.05) is 12.1 Å². The smallest absolute Gasteiger partial charge is 0.133 e. The summed E-state index contributed by atoms with van der Waals surface area (Å²) in [4.78, 5) is 0.851. The van der Waals surface area contributed by atoms with E-state index in [2.05, 4.69) is 6.07 Å². The van der Waals surface area contributed by atoms with Gasteiger partial charge in [-0.05, 0) is 25.2 Å². The summed E-state index contributed by atoms with van der Waals surface area (Å²) in [5.41, 5.74) is 0.405. The number of phenols is 1. The Bertz CT molecular complexity index is 404. The van der Waals surface area contributed by atoms with Crippen molar-refractivity contribution in [3.05, 3.63) is 23.8 Å². The fraction of sp³-hybridized carbons (Fsp3) is 0.364. The predicted octanol–water partition coefficient (Wildman–Crippen LogP) is 2.67. The quantitative estimate of drug-likeness (QED) is 0.755. The van der Waals surface area contributed by atoms with Crippen molar-refractivity contribution < 1.29 is 5.11 Å². The van der Waals surface area contributed by atoms with Crippen LogP contribution in [-0.4, -0.2) is 11.4 Å². The topological polar surface area (TPSA) is 44.0 Å². The molecule has 0 aliphatic heterocycles. The molecular weight excluding hydrogens is 194 g/mol. The van der Waals surface area contributed by atoms with Crippen molar-refractivity contribution in [2.75, 3.05) is 6.26 Å². The number of benzene rings is 1. The van der Waals surface area contributed by atoms with Crippen LogP contribution >= 0.6 is 11.8 Å². The van der Waals surface area contributed by atoms with Crippen LogP contribution in [0.1, 0.15) is 18.4 Å². The number of hydrogen-bond donors (Lipinski definition) is 1. The van der Waals surface area contributed by atoms with E-state index in [1.807, 2.05) is 24.5 Å². The van der Waals surface area contributed by atoms with Gasteiger partial charge in [-0.2, -0.15) is 5.26 Å². The van der Waals surface area contributed by atoms with E-state index >= 15 is 0 Å². The standard InChI is InChI=1S/C11H11NOS/c1-14-9-4-2-3-8(10(9)13)11(7-12)5-6-11/h2-4,13H,5-6H2,1H3. The highest BCUT2D eigenvalue weighted by Crippen LogP contribution is 2.51. The lowest BCUT2D eigenvalue weighted by Gasteiger charge is -2.10. The van der Waals surface area contributed by atoms with E-state index in [-0.39, 0.29) is 0 Å². The molecule has 1 saturated carbocycles. The summed E-state index contributed by atoms with van der Waals surface area (Å²) in [5.74, 6) is 0.291. The average Bonchev–Trinajstić information content (AvgIpc) is 2.99. The molecule has 0 heterocycles. The van der Waals surface area contributed by atoms with Crippen LogP contribution in [0.3, 0.4) is 0 Å². The van der Waals surface area contributed by atoms with Crippen molar-refractivity contribution in [1.29, 1.82) is 5.26 Å². The Morgan fingerprint density at radius 3 is 2.71 bits per heavy atom. The van der Waals surface area contributed by atoms with Crippen LogP contribution in [0, 0.1) is 11.3 Å². The molecule has 0 aromatic heterocycles. The molecule has 0 radical (unpaired) electrons. The maximum absolute atomic E-state index is 9.92. The highest BCUT2D eigenvalue weighted by Gasteiger charge is 2.46. The molecule has 1 aromatic rings. The number of hydrogen-bond acceptors (Lipinski definition) is 3. The largest absolute Gasteiger partial charge is 0.506 e. The molecule has 1 aromatic carbocycles. The van der Waals surface area contributed by atoms with Gasteiger partial charge in [0.2, 0.25) is 0 Å². The first-order valence-electron chi connectivity index (χ1n) is 4.51. The normalized spacial score (nSPS) is 17.4. The molecule has 2 rings (SSSR count). The third-order valence-corrected chi connectivity index (χ3v) is 3.47. The Morgan fingerprint density at radius 1 is 1.50 bits per heavy atom. The van der Waals surface area contributed by atoms with Crippen molar-refractivity contribution in [1.82, 2.24) is 0 Å². The second-order valence-electron chi connectivity index (χ2n) is 3.55. The van der Waals surface area contributed by atoms with E-state index in [0.29, 0.717) is 5.75 Å². The molecule has 0 saturated heterocycles. The molecule has 14 heavy (non-hydrogen) atoms. The molecule has 3 heteroatoms. The highest BCUT2D eigenvalue weighted by molar-refractivity contribution is 7.98. The Morgan fingerprint density at radius 2 is 2.21 bits per heavy atom. The lowest BCUT2D eigenvalue weighted by atomic mass is 9.97. The van der Waals surface area contributed by atoms with Gasteiger partial charge in [0.15, 0.2) is 0 Å². The van der Waals surface area contributed by atoms with Crippen molar-refractivity contribution in [3.8, 4) is 11.8 Å². The summed E-state index contributed by atoms with van der Waals surface area (Å²) in [7, 11) is 0. The molecule has 72 valence electrons. The Labute approximate surface area is 87.6 Å². The summed E-state index contributed by atoms with van der Waals surface area (Å²) >= 11 is 1.50. The second-order valence-corrected chi connectivity index (χ2v) is 4.40. The van der Waals surface area contributed by atoms with Crippen LogP contribution in [0.4, 0.5) is 0 Å². The predicted molar refractivity (Wildman–Crippen MR) is 56.4 cm³/mol. The van der Waals surface area contributed by atoms with Gasteiger partial charge < -0.3 is 5.11 Å². The minimum Gasteiger partial charge on any atom is -0.506 e. The molecule has 2 nitrogen and oxygen atoms in total. The number of thioether (sulfide) groups is 1. The van der Waals surface area contributed by atoms with Gasteiger partial charge in [0.25, 0.3) is 0 Å². The molecule has 0 spiro atoms. The minimum absolute atomic E-state index is 0.291. The zero-order valence-corrected chi connectivity index (χ0v) is 8.77. The molecule has 1 aliphatic carbocycles. The lowest BCUT2D eigenvalue weighted by Crippen LogP contribution is -2.02. The zero-order chi connectivity index (χ0) is 10.2. The van der Waals surface area contributed by atoms with Crippen LogP contribution in [0.25, 0.3) is 0 Å². The lowest BCUT2D eigenvalue weighted by molar-refractivity contribution is 0.452. The van der Waals surface area contributed by atoms with Crippen LogP contribution < -0.4 is 0 Å². The summed E-state index contributed by atoms with van der Waals surface area (Å²) in [6.07, 6.45) is 3.66. The van der Waals surface area contributed by atoms with Gasteiger partial charge in [-0.15, -0.1) is 11.8 Å². The third-order valence-electron chi connectivity index (χ3n) is 2.70. The first-order chi connectivity index (χ1) is 6.73. The fourth-order valence-corrected chi connectivity index (χ4v) is 2.16. The van der Waals surface area contributed by atoms with E-state index in [4.69, 9.17) is 5.26 Å². The zero-order valence-electron chi connectivity index (χ0n) is 7.95. The van der Waals surface area contributed by atoms with Gasteiger partial charge in [0.05, 0.1) is 11.5 Å². The maximum Gasteiger partial charge on any atom is 0.133 e. The molecular formula is C11H11NOS. The summed E-state index contributed by atoms with van der Waals surface area (Å²) in [6, 6.07) is 7.92. The van der Waals surface area contributed by atoms with Crippen molar-refractivity contribution in [3.63, 3.8) is 0 Å². The Balaban J connectivity index is 2.50. The van der Waals surface area contributed by atoms with Crippen LogP contribution in [0.5, 0.6) is 5.75 Å². The Kier molecular flexibility index (Phi) is 2.16. The number of phenolic OH excluding ortho intramolecular Hbond substituents is 1. The van der Waals surface area contributed by atoms with Crippen molar-refractivity contribution >= 4 is 11.8 Å². The molecule has 0 unspecified atom stereocenters. The van der Waals surface area contributed by atoms with E-state index in [1.165, 1.54) is 11.8 Å². The Hall–Kier alpha value is -1.14. The maximum atomic E-state index is 9.92. The first kappa shape index (κ1) is 9.42. The van der Waals surface area contributed by atoms with Gasteiger partial charge in [-0.3, -0.25) is 0 Å². The molecule has 0 amide bonds. The number of rotatable bonds is 2. The first-order valence-corrected chi connectivity index (χ1v) is 5.74. The molecule has 1 aliphatic rings. The van der Waals surface area contributed by atoms with Crippen LogP contribution in [0.15, 0.2) is 23.1 Å². The average molecular weight is 205 g/mol. The van der Waals surface area contributed by atoms with Crippen molar-refractivity contribution in [2.24, 2.45) is 0 Å². The number of aromatic hydroxyl groups is 1. The van der Waals surface area contributed by atoms with Crippen LogP contribution in [0.2, 0.25) is 0 Å². The molecule has 0 atom stereocenters. The SMILES string of the molecule is CSc1cccc(C2(C#N)CC2)c1O. The second kappa shape index (κ2) is 3.21. The van der Waals surface area contributed by atoms with Gasteiger partial charge in [0.1, 0.15) is 5.75 Å². The van der Waals surface area contributed by atoms with E-state index < -0.39 is 5.41 Å². The van der Waals surface area contributed by atoms with Gasteiger partial charge in [0, 0.05) is 10.5 Å². The summed E-state index contributed by atoms with van der Waals surface area (Å²) in [6.45, 7) is 0. The third kappa shape index (κ3) is 1.27. The summed E-state index contributed by atoms with van der Waals surface area (Å²) < 4.78 is 0. The van der Waals surface area contributed by atoms with E-state index in [9.17, 15) is 5.11 Å². The highest BCUT2D eigenvalue weighted by atomic mass is 32.2. The number of para-hydroxylation sites is 1. The van der Waals surface area contributed by atoms with E-state index in [0.717, 1.165) is 23.3 Å². The van der Waals surface area contributed by atoms with Gasteiger partial charge in [-0.25, -0.2) is 0 Å².